The molecule has 0 aliphatic carbocycles. The first-order valence-electron chi connectivity index (χ1n) is 6.39. The van der Waals surface area contributed by atoms with Gasteiger partial charge >= 0.3 is 0 Å². The molecule has 4 heteroatoms. The number of halogens is 1. The molecule has 0 aliphatic rings. The predicted octanol–water partition coefficient (Wildman–Crippen LogP) is 5.03. The molecule has 1 aromatic carbocycles. The van der Waals surface area contributed by atoms with Gasteiger partial charge in [0, 0.05) is 17.0 Å². The van der Waals surface area contributed by atoms with Crippen LogP contribution in [0.1, 0.15) is 30.3 Å². The number of aryl methyl sites for hydroxylation is 2. The fourth-order valence-corrected chi connectivity index (χ4v) is 2.36. The van der Waals surface area contributed by atoms with Crippen LogP contribution in [0.2, 0.25) is 5.02 Å². The van der Waals surface area contributed by atoms with Crippen LogP contribution in [0, 0.1) is 18.5 Å². The maximum Gasteiger partial charge on any atom is 0.133 e. The molecule has 0 saturated heterocycles. The zero-order valence-electron chi connectivity index (χ0n) is 11.4. The van der Waals surface area contributed by atoms with Crippen LogP contribution >= 0.6 is 23.8 Å². The third-order valence-electron chi connectivity index (χ3n) is 3.15. The normalized spacial score (nSPS) is 10.7. The highest BCUT2D eigenvalue weighted by molar-refractivity contribution is 7.71. The lowest BCUT2D eigenvalue weighted by atomic mass is 10.1. The minimum atomic E-state index is 0.661. The fraction of sp³-hybridized carbons (Fsp3) is 0.333. The molecule has 0 fully saturated rings. The second-order valence-corrected chi connectivity index (χ2v) is 5.50. The van der Waals surface area contributed by atoms with Crippen molar-refractivity contribution < 1.29 is 0 Å². The molecule has 0 atom stereocenters. The minimum Gasteiger partial charge on any atom is -0.343 e. The van der Waals surface area contributed by atoms with Crippen molar-refractivity contribution >= 4 is 23.8 Å². The van der Waals surface area contributed by atoms with Gasteiger partial charge in [0.05, 0.1) is 5.69 Å². The molecule has 19 heavy (non-hydrogen) atoms. The van der Waals surface area contributed by atoms with Gasteiger partial charge in [-0.3, -0.25) is 0 Å². The Hall–Kier alpha value is -1.19. The van der Waals surface area contributed by atoms with Gasteiger partial charge in [0.1, 0.15) is 10.5 Å². The van der Waals surface area contributed by atoms with Gasteiger partial charge in [0.2, 0.25) is 0 Å². The van der Waals surface area contributed by atoms with E-state index in [0.29, 0.717) is 4.64 Å². The molecule has 0 amide bonds. The van der Waals surface area contributed by atoms with E-state index in [1.807, 2.05) is 26.0 Å². The van der Waals surface area contributed by atoms with Gasteiger partial charge in [-0.15, -0.1) is 0 Å². The van der Waals surface area contributed by atoms with Gasteiger partial charge in [-0.1, -0.05) is 42.9 Å². The van der Waals surface area contributed by atoms with Crippen LogP contribution in [0.4, 0.5) is 0 Å². The average Bonchev–Trinajstić information content (AvgIpc) is 2.37. The summed E-state index contributed by atoms with van der Waals surface area (Å²) in [5.74, 6) is 0.935. The van der Waals surface area contributed by atoms with Gasteiger partial charge < -0.3 is 4.98 Å². The van der Waals surface area contributed by atoms with E-state index in [4.69, 9.17) is 23.8 Å². The summed E-state index contributed by atoms with van der Waals surface area (Å²) in [7, 11) is 0. The van der Waals surface area contributed by atoms with Crippen molar-refractivity contribution in [3.63, 3.8) is 0 Å². The Bertz CT molecular complexity index is 662. The van der Waals surface area contributed by atoms with Crippen LogP contribution < -0.4 is 0 Å². The van der Waals surface area contributed by atoms with Crippen LogP contribution in [0.3, 0.4) is 0 Å². The number of rotatable bonds is 3. The van der Waals surface area contributed by atoms with Crippen LogP contribution in [0.15, 0.2) is 18.2 Å². The van der Waals surface area contributed by atoms with E-state index in [1.165, 1.54) is 0 Å². The van der Waals surface area contributed by atoms with E-state index in [2.05, 4.69) is 23.0 Å². The van der Waals surface area contributed by atoms with Crippen molar-refractivity contribution in [2.75, 3.05) is 0 Å². The summed E-state index contributed by atoms with van der Waals surface area (Å²) in [6.07, 6.45) is 1.94. The summed E-state index contributed by atoms with van der Waals surface area (Å²) in [4.78, 5) is 7.80. The topological polar surface area (TPSA) is 28.7 Å². The number of aromatic amines is 1. The molecule has 100 valence electrons. The van der Waals surface area contributed by atoms with Gasteiger partial charge in [-0.2, -0.15) is 0 Å². The average molecular weight is 293 g/mol. The quantitative estimate of drug-likeness (QED) is 0.804. The van der Waals surface area contributed by atoms with E-state index < -0.39 is 0 Å². The number of nitrogens with zero attached hydrogens (tertiary/aromatic N) is 1. The molecule has 0 radical (unpaired) electrons. The lowest BCUT2D eigenvalue weighted by Gasteiger charge is -2.10. The van der Waals surface area contributed by atoms with Crippen molar-refractivity contribution in [3.05, 3.63) is 44.8 Å². The summed E-state index contributed by atoms with van der Waals surface area (Å²) in [6.45, 7) is 6.11. The summed E-state index contributed by atoms with van der Waals surface area (Å²) in [5, 5.41) is 0.769. The molecule has 1 aromatic heterocycles. The Morgan fingerprint density at radius 3 is 2.68 bits per heavy atom. The summed E-state index contributed by atoms with van der Waals surface area (Å²) < 4.78 is 0.661. The Kier molecular flexibility index (Phi) is 4.38. The molecule has 0 saturated carbocycles. The molecular formula is C15H17ClN2S. The number of aromatic nitrogens is 2. The molecule has 2 nitrogen and oxygen atoms in total. The third kappa shape index (κ3) is 3.04. The Morgan fingerprint density at radius 2 is 2.05 bits per heavy atom. The standard InChI is InChI=1S/C15H17ClN2S/c1-4-5-13-17-14(10(3)15(19)18-13)11-7-6-9(2)12(16)8-11/h6-8H,4-5H2,1-3H3,(H,17,18,19). The fourth-order valence-electron chi connectivity index (χ4n) is 1.97. The Balaban J connectivity index is 2.60. The smallest absolute Gasteiger partial charge is 0.133 e. The first kappa shape index (κ1) is 14.2. The van der Waals surface area contributed by atoms with E-state index in [9.17, 15) is 0 Å². The molecule has 0 unspecified atom stereocenters. The summed E-state index contributed by atoms with van der Waals surface area (Å²) in [6, 6.07) is 6.05. The Morgan fingerprint density at radius 1 is 1.32 bits per heavy atom. The third-order valence-corrected chi connectivity index (χ3v) is 3.95. The highest BCUT2D eigenvalue weighted by Gasteiger charge is 2.08. The molecule has 0 aliphatic heterocycles. The van der Waals surface area contributed by atoms with Crippen molar-refractivity contribution in [2.45, 2.75) is 33.6 Å². The first-order chi connectivity index (χ1) is 9.02. The summed E-state index contributed by atoms with van der Waals surface area (Å²) >= 11 is 11.5. The zero-order valence-corrected chi connectivity index (χ0v) is 13.0. The Labute approximate surface area is 123 Å². The molecule has 2 rings (SSSR count). The van der Waals surface area contributed by atoms with Gasteiger partial charge in [0.15, 0.2) is 0 Å². The van der Waals surface area contributed by atoms with Crippen molar-refractivity contribution in [3.8, 4) is 11.3 Å². The van der Waals surface area contributed by atoms with Crippen LogP contribution in [-0.4, -0.2) is 9.97 Å². The first-order valence-corrected chi connectivity index (χ1v) is 7.18. The largest absolute Gasteiger partial charge is 0.343 e. The number of hydrogen-bond donors (Lipinski definition) is 1. The number of nitrogens with one attached hydrogen (secondary N) is 1. The van der Waals surface area contributed by atoms with Gasteiger partial charge in [0.25, 0.3) is 0 Å². The monoisotopic (exact) mass is 292 g/mol. The van der Waals surface area contributed by atoms with E-state index in [1.54, 1.807) is 0 Å². The lowest BCUT2D eigenvalue weighted by Crippen LogP contribution is -2.00. The van der Waals surface area contributed by atoms with Crippen LogP contribution in [0.5, 0.6) is 0 Å². The lowest BCUT2D eigenvalue weighted by molar-refractivity contribution is 0.829. The number of benzene rings is 1. The van der Waals surface area contributed by atoms with Crippen LogP contribution in [0.25, 0.3) is 11.3 Å². The minimum absolute atomic E-state index is 0.661. The number of H-pyrrole nitrogens is 1. The van der Waals surface area contributed by atoms with Gasteiger partial charge in [-0.05, 0) is 37.5 Å². The van der Waals surface area contributed by atoms with E-state index in [-0.39, 0.29) is 0 Å². The van der Waals surface area contributed by atoms with Crippen LogP contribution in [-0.2, 0) is 6.42 Å². The summed E-state index contributed by atoms with van der Waals surface area (Å²) in [5.41, 5.74) is 4.14. The predicted molar refractivity (Wildman–Crippen MR) is 83.3 cm³/mol. The SMILES string of the molecule is CCCc1nc(=S)c(C)c(-c2ccc(C)c(Cl)c2)[nH]1. The second-order valence-electron chi connectivity index (χ2n) is 4.70. The molecular weight excluding hydrogens is 276 g/mol. The maximum atomic E-state index is 6.20. The molecule has 1 heterocycles. The molecule has 1 N–H and O–H groups in total. The zero-order chi connectivity index (χ0) is 14.0. The van der Waals surface area contributed by atoms with E-state index >= 15 is 0 Å². The number of hydrogen-bond acceptors (Lipinski definition) is 2. The van der Waals surface area contributed by atoms with Crippen molar-refractivity contribution in [1.29, 1.82) is 0 Å². The highest BCUT2D eigenvalue weighted by atomic mass is 35.5. The van der Waals surface area contributed by atoms with Crippen molar-refractivity contribution in [2.24, 2.45) is 0 Å². The van der Waals surface area contributed by atoms with E-state index in [0.717, 1.165) is 46.1 Å². The van der Waals surface area contributed by atoms with Crippen molar-refractivity contribution in [1.82, 2.24) is 9.97 Å². The molecule has 0 bridgehead atoms. The highest BCUT2D eigenvalue weighted by Crippen LogP contribution is 2.26. The molecule has 0 spiro atoms. The second kappa shape index (κ2) is 5.85. The maximum absolute atomic E-state index is 6.20. The molecule has 2 aromatic rings. The van der Waals surface area contributed by atoms with Gasteiger partial charge in [-0.25, -0.2) is 4.98 Å².